The summed E-state index contributed by atoms with van der Waals surface area (Å²) in [7, 11) is -3.56. The Bertz CT molecular complexity index is 1400. The first kappa shape index (κ1) is 23.4. The van der Waals surface area contributed by atoms with Gasteiger partial charge in [0.1, 0.15) is 0 Å². The standard InChI is InChI=1S/C23H27N7O4S/c1-2-30-22-18(13-25-30)21(27-17-8-10-33-11-9-17)19(12-24-22)23-28-20(29-34-23)14-26-35(31,32)15-16-6-4-3-5-7-16/h3-7,12-13,17,26H,2,8-11,14-15H2,1H3,(H,24,27). The number of aryl methyl sites for hydroxylation is 1. The summed E-state index contributed by atoms with van der Waals surface area (Å²) in [5.41, 5.74) is 2.93. The molecule has 0 spiro atoms. The molecule has 184 valence electrons. The van der Waals surface area contributed by atoms with E-state index in [4.69, 9.17) is 9.26 Å². The van der Waals surface area contributed by atoms with E-state index in [-0.39, 0.29) is 30.1 Å². The van der Waals surface area contributed by atoms with E-state index in [0.717, 1.165) is 29.6 Å². The molecule has 0 amide bonds. The third-order valence-corrected chi connectivity index (χ3v) is 7.18. The summed E-state index contributed by atoms with van der Waals surface area (Å²) >= 11 is 0. The van der Waals surface area contributed by atoms with Crippen LogP contribution < -0.4 is 10.0 Å². The van der Waals surface area contributed by atoms with Gasteiger partial charge in [0.05, 0.1) is 35.1 Å². The minimum Gasteiger partial charge on any atom is -0.381 e. The van der Waals surface area contributed by atoms with E-state index < -0.39 is 10.0 Å². The summed E-state index contributed by atoms with van der Waals surface area (Å²) in [4.78, 5) is 9.02. The predicted octanol–water partition coefficient (Wildman–Crippen LogP) is 2.71. The molecule has 4 aromatic rings. The lowest BCUT2D eigenvalue weighted by atomic mass is 10.1. The van der Waals surface area contributed by atoms with Crippen molar-refractivity contribution in [3.05, 3.63) is 54.1 Å². The number of pyridine rings is 1. The topological polar surface area (TPSA) is 137 Å². The van der Waals surface area contributed by atoms with Crippen LogP contribution in [0.4, 0.5) is 5.69 Å². The second kappa shape index (κ2) is 10.1. The lowest BCUT2D eigenvalue weighted by Crippen LogP contribution is -2.28. The summed E-state index contributed by atoms with van der Waals surface area (Å²) < 4.78 is 40.3. The lowest BCUT2D eigenvalue weighted by molar-refractivity contribution is 0.0905. The molecule has 35 heavy (non-hydrogen) atoms. The summed E-state index contributed by atoms with van der Waals surface area (Å²) in [6, 6.07) is 9.21. The van der Waals surface area contributed by atoms with Crippen molar-refractivity contribution in [2.45, 2.75) is 44.6 Å². The summed E-state index contributed by atoms with van der Waals surface area (Å²) in [5.74, 6) is 0.369. The van der Waals surface area contributed by atoms with Crippen LogP contribution in [-0.4, -0.2) is 52.6 Å². The van der Waals surface area contributed by atoms with Crippen LogP contribution in [0, 0.1) is 0 Å². The number of nitrogens with one attached hydrogen (secondary N) is 2. The number of hydrogen-bond donors (Lipinski definition) is 2. The van der Waals surface area contributed by atoms with Crippen molar-refractivity contribution in [3.8, 4) is 11.5 Å². The van der Waals surface area contributed by atoms with Crippen molar-refractivity contribution >= 4 is 26.7 Å². The van der Waals surface area contributed by atoms with E-state index >= 15 is 0 Å². The van der Waals surface area contributed by atoms with Crippen molar-refractivity contribution in [1.82, 2.24) is 29.6 Å². The molecule has 1 aliphatic heterocycles. The van der Waals surface area contributed by atoms with Crippen LogP contribution >= 0.6 is 0 Å². The number of nitrogens with zero attached hydrogens (tertiary/aromatic N) is 5. The number of anilines is 1. The van der Waals surface area contributed by atoms with Crippen LogP contribution in [0.15, 0.2) is 47.2 Å². The number of sulfonamides is 1. The molecule has 3 aromatic heterocycles. The average Bonchev–Trinajstić information content (AvgIpc) is 3.51. The minimum atomic E-state index is -3.56. The molecule has 0 bridgehead atoms. The molecule has 1 aliphatic rings. The minimum absolute atomic E-state index is 0.0785. The molecule has 1 fully saturated rings. The van der Waals surface area contributed by atoms with Crippen LogP contribution in [0.3, 0.4) is 0 Å². The van der Waals surface area contributed by atoms with Gasteiger partial charge in [0, 0.05) is 32.0 Å². The van der Waals surface area contributed by atoms with E-state index in [1.54, 1.807) is 36.7 Å². The third kappa shape index (κ3) is 5.34. The van der Waals surface area contributed by atoms with Gasteiger partial charge in [-0.15, -0.1) is 0 Å². The zero-order valence-electron chi connectivity index (χ0n) is 19.3. The van der Waals surface area contributed by atoms with Gasteiger partial charge in [-0.3, -0.25) is 0 Å². The second-order valence-corrected chi connectivity index (χ2v) is 10.2. The van der Waals surface area contributed by atoms with Gasteiger partial charge < -0.3 is 14.6 Å². The molecule has 12 heteroatoms. The van der Waals surface area contributed by atoms with Gasteiger partial charge in [-0.25, -0.2) is 22.8 Å². The Morgan fingerprint density at radius 2 is 1.94 bits per heavy atom. The molecule has 0 saturated carbocycles. The van der Waals surface area contributed by atoms with Crippen molar-refractivity contribution < 1.29 is 17.7 Å². The highest BCUT2D eigenvalue weighted by Crippen LogP contribution is 2.34. The maximum Gasteiger partial charge on any atom is 0.261 e. The number of rotatable bonds is 9. The zero-order valence-corrected chi connectivity index (χ0v) is 20.2. The van der Waals surface area contributed by atoms with Crippen molar-refractivity contribution in [2.24, 2.45) is 0 Å². The smallest absolute Gasteiger partial charge is 0.261 e. The Hall–Kier alpha value is -3.35. The fourth-order valence-electron chi connectivity index (χ4n) is 4.08. The molecule has 1 aromatic carbocycles. The molecular formula is C23H27N7O4S. The van der Waals surface area contributed by atoms with Crippen LogP contribution in [-0.2, 0) is 33.6 Å². The first-order valence-corrected chi connectivity index (χ1v) is 13.2. The predicted molar refractivity (Wildman–Crippen MR) is 130 cm³/mol. The van der Waals surface area contributed by atoms with Gasteiger partial charge in [-0.1, -0.05) is 35.5 Å². The molecule has 0 aliphatic carbocycles. The number of aromatic nitrogens is 5. The Kier molecular flexibility index (Phi) is 6.75. The van der Waals surface area contributed by atoms with Crippen molar-refractivity contribution in [2.75, 3.05) is 18.5 Å². The first-order chi connectivity index (χ1) is 17.0. The van der Waals surface area contributed by atoms with Crippen molar-refractivity contribution in [1.29, 1.82) is 0 Å². The van der Waals surface area contributed by atoms with Crippen LogP contribution in [0.2, 0.25) is 0 Å². The number of ether oxygens (including phenoxy) is 1. The summed E-state index contributed by atoms with van der Waals surface area (Å²) in [6.07, 6.45) is 5.23. The fourth-order valence-corrected chi connectivity index (χ4v) is 5.16. The first-order valence-electron chi connectivity index (χ1n) is 11.6. The second-order valence-electron chi connectivity index (χ2n) is 8.36. The molecule has 2 N–H and O–H groups in total. The molecule has 4 heterocycles. The van der Waals surface area contributed by atoms with E-state index in [9.17, 15) is 8.42 Å². The van der Waals surface area contributed by atoms with Crippen LogP contribution in [0.5, 0.6) is 0 Å². The van der Waals surface area contributed by atoms with Crippen LogP contribution in [0.25, 0.3) is 22.5 Å². The molecule has 5 rings (SSSR count). The van der Waals surface area contributed by atoms with Crippen molar-refractivity contribution in [3.63, 3.8) is 0 Å². The quantitative estimate of drug-likeness (QED) is 0.357. The SMILES string of the molecule is CCn1ncc2c(NC3CCOCC3)c(-c3nc(CNS(=O)(=O)Cc4ccccc4)no3)cnc21. The van der Waals surface area contributed by atoms with Gasteiger partial charge >= 0.3 is 0 Å². The third-order valence-electron chi connectivity index (χ3n) is 5.88. The highest BCUT2D eigenvalue weighted by atomic mass is 32.2. The normalized spacial score (nSPS) is 15.0. The summed E-state index contributed by atoms with van der Waals surface area (Å²) in [6.45, 7) is 4.02. The van der Waals surface area contributed by atoms with E-state index in [0.29, 0.717) is 30.9 Å². The van der Waals surface area contributed by atoms with Gasteiger partial charge in [0.2, 0.25) is 10.0 Å². The highest BCUT2D eigenvalue weighted by molar-refractivity contribution is 7.88. The van der Waals surface area contributed by atoms with E-state index in [2.05, 4.69) is 30.3 Å². The zero-order chi connectivity index (χ0) is 24.3. The molecular weight excluding hydrogens is 470 g/mol. The van der Waals surface area contributed by atoms with Crippen LogP contribution in [0.1, 0.15) is 31.2 Å². The Labute approximate surface area is 202 Å². The molecule has 1 saturated heterocycles. The number of fused-ring (bicyclic) bond motifs is 1. The number of benzene rings is 1. The summed E-state index contributed by atoms with van der Waals surface area (Å²) in [5, 5.41) is 12.9. The molecule has 11 nitrogen and oxygen atoms in total. The fraction of sp³-hybridized carbons (Fsp3) is 0.391. The molecule has 0 unspecified atom stereocenters. The average molecular weight is 498 g/mol. The van der Waals surface area contributed by atoms with Gasteiger partial charge in [0.25, 0.3) is 5.89 Å². The van der Waals surface area contributed by atoms with E-state index in [1.807, 2.05) is 17.7 Å². The maximum absolute atomic E-state index is 12.5. The molecule has 0 atom stereocenters. The van der Waals surface area contributed by atoms with E-state index in [1.165, 1.54) is 0 Å². The van der Waals surface area contributed by atoms with Gasteiger partial charge in [-0.05, 0) is 25.3 Å². The largest absolute Gasteiger partial charge is 0.381 e. The Morgan fingerprint density at radius 3 is 2.71 bits per heavy atom. The lowest BCUT2D eigenvalue weighted by Gasteiger charge is -2.25. The number of hydrogen-bond acceptors (Lipinski definition) is 9. The Morgan fingerprint density at radius 1 is 1.14 bits per heavy atom. The monoisotopic (exact) mass is 497 g/mol. The Balaban J connectivity index is 1.38. The molecule has 0 radical (unpaired) electrons. The maximum atomic E-state index is 12.5. The highest BCUT2D eigenvalue weighted by Gasteiger charge is 2.23. The van der Waals surface area contributed by atoms with Gasteiger partial charge in [-0.2, -0.15) is 10.1 Å². The van der Waals surface area contributed by atoms with Gasteiger partial charge in [0.15, 0.2) is 11.5 Å².